The van der Waals surface area contributed by atoms with Gasteiger partial charge in [0.05, 0.1) is 11.6 Å². The number of carbonyl (C=O) groups is 5. The number of aliphatic hydroxyl groups excluding tert-OH is 2. The number of rotatable bonds is 4. The number of phenols is 1. The number of aromatic hydroxyl groups is 1. The van der Waals surface area contributed by atoms with Crippen molar-refractivity contribution in [1.82, 2.24) is 9.80 Å². The summed E-state index contributed by atoms with van der Waals surface area (Å²) in [5.74, 6) is -9.57. The van der Waals surface area contributed by atoms with Crippen LogP contribution in [0.5, 0.6) is 5.75 Å². The molecule has 12 nitrogen and oxygen atoms in total. The number of phenolic OH excluding ortho intramolecular Hbond substituents is 1. The van der Waals surface area contributed by atoms with Crippen LogP contribution in [-0.2, 0) is 25.6 Å². The highest BCUT2D eigenvalue weighted by molar-refractivity contribution is 6.43. The third-order valence-corrected chi connectivity index (χ3v) is 7.45. The number of amides is 2. The van der Waals surface area contributed by atoms with Crippen molar-refractivity contribution in [3.63, 3.8) is 0 Å². The molecule has 3 aliphatic rings. The fraction of sp³-hybridized carbons (Fsp3) is 0.400. The number of carbonyl (C=O) groups excluding carboxylic acids is 5. The topological polar surface area (TPSA) is 199 Å². The Morgan fingerprint density at radius 1 is 1.05 bits per heavy atom. The van der Waals surface area contributed by atoms with Gasteiger partial charge in [0.15, 0.2) is 11.4 Å². The average Bonchev–Trinajstić information content (AvgIpc) is 2.80. The van der Waals surface area contributed by atoms with Crippen LogP contribution in [0.25, 0.3) is 5.76 Å². The Hall–Kier alpha value is -4.03. The number of likely N-dealkylation sites (N-methyl/N-ethyl adjacent to an activating group) is 2. The number of ketones is 3. The highest BCUT2D eigenvalue weighted by Gasteiger charge is 2.64. The number of hydrogen-bond donors (Lipinski definition) is 5. The van der Waals surface area contributed by atoms with E-state index in [2.05, 4.69) is 0 Å². The van der Waals surface area contributed by atoms with Gasteiger partial charge in [0, 0.05) is 31.1 Å². The van der Waals surface area contributed by atoms with Gasteiger partial charge in [-0.1, -0.05) is 0 Å². The van der Waals surface area contributed by atoms with Crippen LogP contribution in [-0.4, -0.2) is 99.2 Å². The van der Waals surface area contributed by atoms with E-state index in [0.29, 0.717) is 0 Å². The van der Waals surface area contributed by atoms with Crippen LogP contribution in [0.3, 0.4) is 0 Å². The van der Waals surface area contributed by atoms with Gasteiger partial charge in [-0.25, -0.2) is 0 Å². The minimum absolute atomic E-state index is 0.0759. The molecule has 6 N–H and O–H groups in total. The van der Waals surface area contributed by atoms with E-state index in [1.807, 2.05) is 0 Å². The molecule has 0 radical (unpaired) electrons. The minimum Gasteiger partial charge on any atom is -0.508 e. The van der Waals surface area contributed by atoms with Gasteiger partial charge in [-0.3, -0.25) is 28.9 Å². The summed E-state index contributed by atoms with van der Waals surface area (Å²) in [6.45, 7) is 0. The number of nitrogens with zero attached hydrogens (tertiary/aromatic N) is 2. The second-order valence-electron chi connectivity index (χ2n) is 9.98. The number of aliphatic hydroxyl groups is 3. The van der Waals surface area contributed by atoms with Gasteiger partial charge in [-0.05, 0) is 50.6 Å². The molecule has 1 saturated carbocycles. The molecule has 37 heavy (non-hydrogen) atoms. The Kier molecular flexibility index (Phi) is 6.00. The summed E-state index contributed by atoms with van der Waals surface area (Å²) in [6, 6.07) is 1.12. The molecule has 4 atom stereocenters. The van der Waals surface area contributed by atoms with Crippen LogP contribution in [0.1, 0.15) is 27.9 Å². The molecule has 0 aliphatic heterocycles. The van der Waals surface area contributed by atoms with E-state index in [0.717, 1.165) is 11.0 Å². The van der Waals surface area contributed by atoms with Crippen LogP contribution < -0.4 is 5.73 Å². The summed E-state index contributed by atoms with van der Waals surface area (Å²) in [5, 5.41) is 44.1. The van der Waals surface area contributed by atoms with Gasteiger partial charge < -0.3 is 31.1 Å². The lowest BCUT2D eigenvalue weighted by atomic mass is 9.57. The molecule has 0 saturated heterocycles. The summed E-state index contributed by atoms with van der Waals surface area (Å²) in [7, 11) is 5.78. The van der Waals surface area contributed by atoms with E-state index >= 15 is 0 Å². The van der Waals surface area contributed by atoms with Crippen LogP contribution in [0.15, 0.2) is 29.0 Å². The number of Topliss-reactive ketones (excluding diaryl/α,β-unsaturated/α-hetero) is 3. The van der Waals surface area contributed by atoms with Gasteiger partial charge >= 0.3 is 0 Å². The Morgan fingerprint density at radius 3 is 2.22 bits per heavy atom. The molecule has 0 heterocycles. The fourth-order valence-corrected chi connectivity index (χ4v) is 5.78. The Labute approximate surface area is 211 Å². The van der Waals surface area contributed by atoms with Crippen molar-refractivity contribution in [1.29, 1.82) is 0 Å². The number of nitrogens with two attached hydrogens (primary N) is 1. The van der Waals surface area contributed by atoms with E-state index in [9.17, 15) is 44.4 Å². The Balaban J connectivity index is 1.96. The van der Waals surface area contributed by atoms with Crippen molar-refractivity contribution in [2.24, 2.45) is 17.6 Å². The van der Waals surface area contributed by atoms with E-state index < -0.39 is 75.5 Å². The largest absolute Gasteiger partial charge is 0.508 e. The van der Waals surface area contributed by atoms with Crippen molar-refractivity contribution in [3.8, 4) is 5.75 Å². The first-order valence-electron chi connectivity index (χ1n) is 11.4. The number of fused-ring (bicyclic) bond motifs is 3. The average molecular weight is 514 g/mol. The van der Waals surface area contributed by atoms with Gasteiger partial charge in [0.2, 0.25) is 5.78 Å². The lowest BCUT2D eigenvalue weighted by molar-refractivity contribution is -0.153. The summed E-state index contributed by atoms with van der Waals surface area (Å²) in [4.78, 5) is 66.6. The molecule has 2 amide bonds. The first-order chi connectivity index (χ1) is 17.2. The molecule has 3 aliphatic carbocycles. The quantitative estimate of drug-likeness (QED) is 0.194. The summed E-state index contributed by atoms with van der Waals surface area (Å²) in [5.41, 5.74) is 1.09. The molecule has 4 rings (SSSR count). The predicted molar refractivity (Wildman–Crippen MR) is 127 cm³/mol. The molecular formula is C25H27N3O9. The second kappa shape index (κ2) is 8.53. The van der Waals surface area contributed by atoms with Gasteiger partial charge in [-0.2, -0.15) is 0 Å². The van der Waals surface area contributed by atoms with Crippen molar-refractivity contribution in [3.05, 3.63) is 45.7 Å². The highest BCUT2D eigenvalue weighted by Crippen LogP contribution is 2.52. The maximum Gasteiger partial charge on any atom is 0.294 e. The Morgan fingerprint density at radius 2 is 1.68 bits per heavy atom. The lowest BCUT2D eigenvalue weighted by Crippen LogP contribution is -2.65. The SMILES string of the molecule is CN(C)C(=O)C(=O)c1ccc(O)c2c1C[C@@H]1C[C@@H]3C(N(C)C)C(=O)C(C(N)=O)=C(O)[C@]3(O)C(=O)C1=C2O. The molecule has 0 bridgehead atoms. The zero-order valence-corrected chi connectivity index (χ0v) is 20.6. The molecule has 196 valence electrons. The predicted octanol–water partition coefficient (Wildman–Crippen LogP) is -0.765. The van der Waals surface area contributed by atoms with E-state index in [1.165, 1.54) is 39.2 Å². The van der Waals surface area contributed by atoms with E-state index in [1.54, 1.807) is 0 Å². The van der Waals surface area contributed by atoms with E-state index in [4.69, 9.17) is 5.73 Å². The third-order valence-electron chi connectivity index (χ3n) is 7.45. The summed E-state index contributed by atoms with van der Waals surface area (Å²) in [6.07, 6.45) is -0.221. The van der Waals surface area contributed by atoms with Crippen molar-refractivity contribution >= 4 is 34.9 Å². The van der Waals surface area contributed by atoms with Crippen molar-refractivity contribution in [2.45, 2.75) is 24.5 Å². The van der Waals surface area contributed by atoms with Crippen LogP contribution >= 0.6 is 0 Å². The van der Waals surface area contributed by atoms with Crippen molar-refractivity contribution in [2.75, 3.05) is 28.2 Å². The van der Waals surface area contributed by atoms with Crippen LogP contribution in [0, 0.1) is 11.8 Å². The maximum absolute atomic E-state index is 13.8. The normalized spacial score (nSPS) is 27.0. The molecule has 0 spiro atoms. The highest BCUT2D eigenvalue weighted by atomic mass is 16.3. The fourth-order valence-electron chi connectivity index (χ4n) is 5.78. The molecule has 0 aromatic heterocycles. The van der Waals surface area contributed by atoms with Crippen LogP contribution in [0.4, 0.5) is 0 Å². The number of primary amides is 1. The van der Waals surface area contributed by atoms with Gasteiger partial charge in [0.25, 0.3) is 17.6 Å². The minimum atomic E-state index is -2.76. The summed E-state index contributed by atoms with van der Waals surface area (Å²) < 4.78 is 0. The summed E-state index contributed by atoms with van der Waals surface area (Å²) >= 11 is 0. The van der Waals surface area contributed by atoms with E-state index in [-0.39, 0.29) is 35.1 Å². The third kappa shape index (κ3) is 3.47. The zero-order valence-electron chi connectivity index (χ0n) is 20.6. The molecule has 1 fully saturated rings. The zero-order chi connectivity index (χ0) is 27.7. The number of benzene rings is 1. The Bertz CT molecular complexity index is 1360. The molecule has 12 heteroatoms. The molecule has 1 unspecified atom stereocenters. The first kappa shape index (κ1) is 26.0. The molecule has 1 aromatic carbocycles. The van der Waals surface area contributed by atoms with Gasteiger partial charge in [-0.15, -0.1) is 0 Å². The molecular weight excluding hydrogens is 486 g/mol. The van der Waals surface area contributed by atoms with Gasteiger partial charge in [0.1, 0.15) is 22.8 Å². The first-order valence-corrected chi connectivity index (χ1v) is 11.4. The second-order valence-corrected chi connectivity index (χ2v) is 9.98. The standard InChI is InChI=1S/C25H27N3O9/c1-27(2)17-12-8-9-7-11-10(18(30)24(36)28(3)4)5-6-13(29)15(11)19(31)14(9)21(33)25(12,37)22(34)16(20(17)32)23(26)35/h5-6,9,12,17,29,31,34,37H,7-8H2,1-4H3,(H2,26,35)/t9-,12-,17?,25-/m1/s1. The van der Waals surface area contributed by atoms with Crippen LogP contribution in [0.2, 0.25) is 0 Å². The molecule has 1 aromatic rings. The smallest absolute Gasteiger partial charge is 0.294 e. The lowest BCUT2D eigenvalue weighted by Gasteiger charge is -2.50. The van der Waals surface area contributed by atoms with Crippen molar-refractivity contribution < 1.29 is 44.4 Å². The monoisotopic (exact) mass is 513 g/mol. The number of hydrogen-bond acceptors (Lipinski definition) is 10. The maximum atomic E-state index is 13.8.